The molecule has 162 valence electrons. The summed E-state index contributed by atoms with van der Waals surface area (Å²) in [4.78, 5) is 12.6. The molecule has 1 N–H and O–H groups in total. The number of anilines is 1. The number of hydrogen-bond donors (Lipinski definition) is 1. The number of nitrogens with zero attached hydrogens (tertiary/aromatic N) is 1. The minimum Gasteiger partial charge on any atom is -0.346 e. The molecule has 5 nitrogen and oxygen atoms in total. The highest BCUT2D eigenvalue weighted by molar-refractivity contribution is 7.92. The molecule has 1 amide bonds. The highest BCUT2D eigenvalue weighted by Gasteiger charge is 2.20. The van der Waals surface area contributed by atoms with Gasteiger partial charge in [0.15, 0.2) is 0 Å². The Kier molecular flexibility index (Phi) is 6.97. The summed E-state index contributed by atoms with van der Waals surface area (Å²) in [6.45, 7) is 1.88. The molecule has 0 aliphatic rings. The van der Waals surface area contributed by atoms with Gasteiger partial charge in [-0.05, 0) is 60.5 Å². The first-order valence-corrected chi connectivity index (χ1v) is 11.8. The van der Waals surface area contributed by atoms with Crippen molar-refractivity contribution in [3.05, 3.63) is 100 Å². The van der Waals surface area contributed by atoms with Crippen molar-refractivity contribution >= 4 is 33.2 Å². The molecule has 0 aromatic heterocycles. The molecule has 0 bridgehead atoms. The Bertz CT molecular complexity index is 1170. The SMILES string of the molecule is C[C@H](NC(=O)c1ccc(N(Cc2ccccc2Cl)S(C)(=O)=O)cc1)c1ccc(F)cc1. The Labute approximate surface area is 186 Å². The Morgan fingerprint density at radius 3 is 2.23 bits per heavy atom. The minimum absolute atomic E-state index is 0.0751. The predicted octanol–water partition coefficient (Wildman–Crippen LogP) is 4.94. The lowest BCUT2D eigenvalue weighted by Gasteiger charge is -2.23. The molecular formula is C23H22ClFN2O3S. The smallest absolute Gasteiger partial charge is 0.251 e. The molecular weight excluding hydrogens is 439 g/mol. The van der Waals surface area contributed by atoms with E-state index in [1.54, 1.807) is 67.6 Å². The number of amides is 1. The molecule has 0 saturated heterocycles. The monoisotopic (exact) mass is 460 g/mol. The van der Waals surface area contributed by atoms with E-state index >= 15 is 0 Å². The molecule has 0 aliphatic heterocycles. The Morgan fingerprint density at radius 1 is 1.03 bits per heavy atom. The van der Waals surface area contributed by atoms with Crippen LogP contribution in [0.5, 0.6) is 0 Å². The molecule has 0 saturated carbocycles. The van der Waals surface area contributed by atoms with Gasteiger partial charge in [-0.1, -0.05) is 41.9 Å². The first-order valence-electron chi connectivity index (χ1n) is 9.52. The van der Waals surface area contributed by atoms with Crippen molar-refractivity contribution in [3.8, 4) is 0 Å². The van der Waals surface area contributed by atoms with E-state index in [9.17, 15) is 17.6 Å². The van der Waals surface area contributed by atoms with Crippen molar-refractivity contribution in [2.45, 2.75) is 19.5 Å². The van der Waals surface area contributed by atoms with Crippen molar-refractivity contribution in [2.24, 2.45) is 0 Å². The summed E-state index contributed by atoms with van der Waals surface area (Å²) < 4.78 is 39.1. The fraction of sp³-hybridized carbons (Fsp3) is 0.174. The highest BCUT2D eigenvalue weighted by Crippen LogP contribution is 2.25. The lowest BCUT2D eigenvalue weighted by Crippen LogP contribution is -2.30. The van der Waals surface area contributed by atoms with Gasteiger partial charge in [0.05, 0.1) is 24.5 Å². The van der Waals surface area contributed by atoms with E-state index in [1.165, 1.54) is 16.4 Å². The molecule has 0 radical (unpaired) electrons. The third kappa shape index (κ3) is 5.83. The quantitative estimate of drug-likeness (QED) is 0.543. The van der Waals surface area contributed by atoms with E-state index in [0.717, 1.165) is 11.8 Å². The zero-order valence-electron chi connectivity index (χ0n) is 17.0. The Balaban J connectivity index is 1.77. The number of carbonyl (C=O) groups is 1. The van der Waals surface area contributed by atoms with Crippen LogP contribution in [0.15, 0.2) is 72.8 Å². The van der Waals surface area contributed by atoms with Crippen LogP contribution < -0.4 is 9.62 Å². The molecule has 3 rings (SSSR count). The maximum absolute atomic E-state index is 13.1. The van der Waals surface area contributed by atoms with Gasteiger partial charge in [0.2, 0.25) is 10.0 Å². The normalized spacial score (nSPS) is 12.3. The zero-order valence-corrected chi connectivity index (χ0v) is 18.6. The standard InChI is InChI=1S/C23H22ClFN2O3S/c1-16(17-7-11-20(25)12-8-17)26-23(28)18-9-13-21(14-10-18)27(31(2,29)30)15-19-5-3-4-6-22(19)24/h3-14,16H,15H2,1-2H3,(H,26,28)/t16-/m0/s1. The van der Waals surface area contributed by atoms with E-state index in [0.29, 0.717) is 21.8 Å². The predicted molar refractivity (Wildman–Crippen MR) is 121 cm³/mol. The molecule has 0 fully saturated rings. The Morgan fingerprint density at radius 2 is 1.65 bits per heavy atom. The second kappa shape index (κ2) is 9.49. The molecule has 0 heterocycles. The maximum atomic E-state index is 13.1. The number of rotatable bonds is 7. The van der Waals surface area contributed by atoms with Crippen molar-refractivity contribution in [2.75, 3.05) is 10.6 Å². The van der Waals surface area contributed by atoms with Gasteiger partial charge in [-0.15, -0.1) is 0 Å². The number of nitrogens with one attached hydrogen (secondary N) is 1. The molecule has 0 spiro atoms. The average molecular weight is 461 g/mol. The molecule has 3 aromatic carbocycles. The van der Waals surface area contributed by atoms with E-state index in [2.05, 4.69) is 5.32 Å². The van der Waals surface area contributed by atoms with Crippen LogP contribution in [0, 0.1) is 5.82 Å². The second-order valence-electron chi connectivity index (χ2n) is 7.15. The molecule has 3 aromatic rings. The van der Waals surface area contributed by atoms with Crippen LogP contribution in [0.3, 0.4) is 0 Å². The van der Waals surface area contributed by atoms with E-state index in [4.69, 9.17) is 11.6 Å². The lowest BCUT2D eigenvalue weighted by atomic mass is 10.1. The summed E-state index contributed by atoms with van der Waals surface area (Å²) in [5.74, 6) is -0.662. The fourth-order valence-corrected chi connectivity index (χ4v) is 4.15. The fourth-order valence-electron chi connectivity index (χ4n) is 3.08. The summed E-state index contributed by atoms with van der Waals surface area (Å²) in [5.41, 5.74) is 2.24. The van der Waals surface area contributed by atoms with Crippen LogP contribution in [0.4, 0.5) is 10.1 Å². The van der Waals surface area contributed by atoms with Crippen LogP contribution in [-0.2, 0) is 16.6 Å². The number of halogens is 2. The van der Waals surface area contributed by atoms with E-state index in [-0.39, 0.29) is 24.3 Å². The van der Waals surface area contributed by atoms with E-state index in [1.807, 2.05) is 0 Å². The van der Waals surface area contributed by atoms with Crippen molar-refractivity contribution in [3.63, 3.8) is 0 Å². The summed E-state index contributed by atoms with van der Waals surface area (Å²) in [5, 5.41) is 3.32. The first kappa shape index (κ1) is 22.8. The number of sulfonamides is 1. The largest absolute Gasteiger partial charge is 0.346 e. The number of hydrogen-bond acceptors (Lipinski definition) is 3. The van der Waals surface area contributed by atoms with Gasteiger partial charge in [0, 0.05) is 10.6 Å². The zero-order chi connectivity index (χ0) is 22.6. The summed E-state index contributed by atoms with van der Waals surface area (Å²) in [6, 6.07) is 18.9. The molecule has 0 aliphatic carbocycles. The summed E-state index contributed by atoms with van der Waals surface area (Å²) in [7, 11) is -3.58. The minimum atomic E-state index is -3.58. The number of benzene rings is 3. The van der Waals surface area contributed by atoms with Gasteiger partial charge in [0.1, 0.15) is 5.82 Å². The molecule has 1 atom stereocenters. The van der Waals surface area contributed by atoms with Gasteiger partial charge in [-0.3, -0.25) is 9.10 Å². The third-order valence-electron chi connectivity index (χ3n) is 4.81. The van der Waals surface area contributed by atoms with E-state index < -0.39 is 10.0 Å². The van der Waals surface area contributed by atoms with Gasteiger partial charge in [0.25, 0.3) is 5.91 Å². The van der Waals surface area contributed by atoms with Gasteiger partial charge in [-0.25, -0.2) is 12.8 Å². The van der Waals surface area contributed by atoms with Crippen molar-refractivity contribution in [1.29, 1.82) is 0 Å². The lowest BCUT2D eigenvalue weighted by molar-refractivity contribution is 0.0940. The molecule has 31 heavy (non-hydrogen) atoms. The molecule has 8 heteroatoms. The highest BCUT2D eigenvalue weighted by atomic mass is 35.5. The number of carbonyl (C=O) groups excluding carboxylic acids is 1. The van der Waals surface area contributed by atoms with Crippen LogP contribution in [-0.4, -0.2) is 20.6 Å². The van der Waals surface area contributed by atoms with Crippen LogP contribution in [0.1, 0.15) is 34.5 Å². The average Bonchev–Trinajstić information content (AvgIpc) is 2.73. The molecule has 0 unspecified atom stereocenters. The third-order valence-corrected chi connectivity index (χ3v) is 6.32. The van der Waals surface area contributed by atoms with Crippen LogP contribution in [0.2, 0.25) is 5.02 Å². The van der Waals surface area contributed by atoms with Gasteiger partial charge in [-0.2, -0.15) is 0 Å². The summed E-state index contributed by atoms with van der Waals surface area (Å²) >= 11 is 6.19. The van der Waals surface area contributed by atoms with Crippen molar-refractivity contribution < 1.29 is 17.6 Å². The first-order chi connectivity index (χ1) is 14.6. The van der Waals surface area contributed by atoms with Gasteiger partial charge < -0.3 is 5.32 Å². The van der Waals surface area contributed by atoms with Crippen molar-refractivity contribution in [1.82, 2.24) is 5.32 Å². The van der Waals surface area contributed by atoms with Crippen LogP contribution in [0.25, 0.3) is 0 Å². The maximum Gasteiger partial charge on any atom is 0.251 e. The summed E-state index contributed by atoms with van der Waals surface area (Å²) in [6.07, 6.45) is 1.12. The second-order valence-corrected chi connectivity index (χ2v) is 9.47. The van der Waals surface area contributed by atoms with Crippen LogP contribution >= 0.6 is 11.6 Å². The Hall–Kier alpha value is -2.90. The van der Waals surface area contributed by atoms with Gasteiger partial charge >= 0.3 is 0 Å². The topological polar surface area (TPSA) is 66.5 Å².